The number of esters is 2. The van der Waals surface area contributed by atoms with Crippen molar-refractivity contribution >= 4 is 11.9 Å². The number of para-hydroxylation sites is 1. The van der Waals surface area contributed by atoms with E-state index in [1.807, 2.05) is 6.07 Å². The Balaban J connectivity index is 2.38. The SMILES string of the molecule is COC(=O)c1c(-c2cc(C)c(F)c(C)c2)nn(-c2ccccc2)c1C(=O)OC. The molecule has 0 saturated heterocycles. The van der Waals surface area contributed by atoms with Crippen LogP contribution < -0.4 is 0 Å². The Bertz CT molecular complexity index is 1030. The minimum Gasteiger partial charge on any atom is -0.465 e. The number of aromatic nitrogens is 2. The topological polar surface area (TPSA) is 70.4 Å². The summed E-state index contributed by atoms with van der Waals surface area (Å²) in [5.74, 6) is -1.81. The van der Waals surface area contributed by atoms with Gasteiger partial charge in [-0.25, -0.2) is 18.7 Å². The third-order valence-corrected chi connectivity index (χ3v) is 4.36. The van der Waals surface area contributed by atoms with Crippen molar-refractivity contribution in [3.63, 3.8) is 0 Å². The summed E-state index contributed by atoms with van der Waals surface area (Å²) in [5.41, 5.74) is 1.98. The van der Waals surface area contributed by atoms with Crippen LogP contribution in [0.4, 0.5) is 4.39 Å². The average Bonchev–Trinajstić information content (AvgIpc) is 3.11. The zero-order valence-electron chi connectivity index (χ0n) is 15.9. The van der Waals surface area contributed by atoms with Crippen LogP contribution in [-0.4, -0.2) is 35.9 Å². The Kier molecular flexibility index (Phi) is 5.26. The van der Waals surface area contributed by atoms with E-state index in [-0.39, 0.29) is 22.8 Å². The minimum atomic E-state index is -0.739. The summed E-state index contributed by atoms with van der Waals surface area (Å²) in [6.45, 7) is 3.25. The lowest BCUT2D eigenvalue weighted by atomic mass is 10.0. The highest BCUT2D eigenvalue weighted by atomic mass is 19.1. The number of rotatable bonds is 4. The van der Waals surface area contributed by atoms with E-state index in [2.05, 4.69) is 5.10 Å². The van der Waals surface area contributed by atoms with Crippen molar-refractivity contribution < 1.29 is 23.5 Å². The predicted octanol–water partition coefficient (Wildman–Crippen LogP) is 3.87. The molecule has 2 aromatic carbocycles. The lowest BCUT2D eigenvalue weighted by molar-refractivity contribution is 0.0549. The highest BCUT2D eigenvalue weighted by Gasteiger charge is 2.31. The van der Waals surface area contributed by atoms with Crippen molar-refractivity contribution in [2.45, 2.75) is 13.8 Å². The second-order valence-corrected chi connectivity index (χ2v) is 6.23. The summed E-state index contributed by atoms with van der Waals surface area (Å²) in [7, 11) is 2.44. The molecule has 3 rings (SSSR count). The van der Waals surface area contributed by atoms with Gasteiger partial charge in [0, 0.05) is 5.56 Å². The quantitative estimate of drug-likeness (QED) is 0.641. The zero-order valence-corrected chi connectivity index (χ0v) is 15.9. The molecule has 0 atom stereocenters. The number of nitrogens with zero attached hydrogens (tertiary/aromatic N) is 2. The summed E-state index contributed by atoms with van der Waals surface area (Å²) in [4.78, 5) is 25.1. The number of carbonyl (C=O) groups excluding carboxylic acids is 2. The van der Waals surface area contributed by atoms with Gasteiger partial charge in [0.1, 0.15) is 17.1 Å². The molecule has 0 radical (unpaired) electrons. The van der Waals surface area contributed by atoms with Gasteiger partial charge >= 0.3 is 11.9 Å². The van der Waals surface area contributed by atoms with Crippen molar-refractivity contribution in [3.8, 4) is 16.9 Å². The standard InChI is InChI=1S/C21H19FN2O4/c1-12-10-14(11-13(2)17(12)22)18-16(20(25)27-3)19(21(26)28-4)24(23-18)15-8-6-5-7-9-15/h5-11H,1-4H3. The van der Waals surface area contributed by atoms with Gasteiger partial charge in [0.25, 0.3) is 0 Å². The molecule has 0 N–H and O–H groups in total. The molecule has 0 saturated carbocycles. The Morgan fingerprint density at radius 3 is 2.07 bits per heavy atom. The van der Waals surface area contributed by atoms with E-state index < -0.39 is 11.9 Å². The van der Waals surface area contributed by atoms with Crippen LogP contribution in [0, 0.1) is 19.7 Å². The lowest BCUT2D eigenvalue weighted by Gasteiger charge is -2.07. The Morgan fingerprint density at radius 2 is 1.54 bits per heavy atom. The van der Waals surface area contributed by atoms with Crippen LogP contribution in [0.15, 0.2) is 42.5 Å². The maximum absolute atomic E-state index is 14.1. The maximum atomic E-state index is 14.1. The van der Waals surface area contributed by atoms with E-state index in [9.17, 15) is 14.0 Å². The summed E-state index contributed by atoms with van der Waals surface area (Å²) in [5, 5.41) is 4.49. The van der Waals surface area contributed by atoms with Gasteiger partial charge in [-0.3, -0.25) is 0 Å². The highest BCUT2D eigenvalue weighted by molar-refractivity contribution is 6.06. The molecule has 0 spiro atoms. The van der Waals surface area contributed by atoms with Crippen LogP contribution >= 0.6 is 0 Å². The second-order valence-electron chi connectivity index (χ2n) is 6.23. The predicted molar refractivity (Wildman–Crippen MR) is 101 cm³/mol. The van der Waals surface area contributed by atoms with Crippen LogP contribution in [0.1, 0.15) is 32.0 Å². The summed E-state index contributed by atoms with van der Waals surface area (Å²) < 4.78 is 25.2. The number of carbonyl (C=O) groups is 2. The molecule has 144 valence electrons. The van der Waals surface area contributed by atoms with E-state index in [4.69, 9.17) is 9.47 Å². The Morgan fingerprint density at radius 1 is 0.964 bits per heavy atom. The first-order chi connectivity index (χ1) is 13.4. The van der Waals surface area contributed by atoms with Gasteiger partial charge in [0.05, 0.1) is 19.9 Å². The van der Waals surface area contributed by atoms with Crippen molar-refractivity contribution in [1.29, 1.82) is 0 Å². The zero-order chi connectivity index (χ0) is 20.4. The number of aryl methyl sites for hydroxylation is 2. The molecule has 6 nitrogen and oxygen atoms in total. The monoisotopic (exact) mass is 382 g/mol. The normalized spacial score (nSPS) is 10.6. The number of ether oxygens (including phenoxy) is 2. The van der Waals surface area contributed by atoms with Gasteiger partial charge < -0.3 is 9.47 Å². The number of benzene rings is 2. The first-order valence-corrected chi connectivity index (χ1v) is 8.51. The van der Waals surface area contributed by atoms with E-state index in [0.29, 0.717) is 22.4 Å². The molecule has 3 aromatic rings. The van der Waals surface area contributed by atoms with E-state index in [1.165, 1.54) is 18.9 Å². The van der Waals surface area contributed by atoms with Crippen LogP contribution in [0.25, 0.3) is 16.9 Å². The van der Waals surface area contributed by atoms with Crippen LogP contribution in [0.3, 0.4) is 0 Å². The third-order valence-electron chi connectivity index (χ3n) is 4.36. The fourth-order valence-corrected chi connectivity index (χ4v) is 3.04. The van der Waals surface area contributed by atoms with E-state index >= 15 is 0 Å². The number of hydrogen-bond acceptors (Lipinski definition) is 5. The van der Waals surface area contributed by atoms with E-state index in [0.717, 1.165) is 0 Å². The fraction of sp³-hybridized carbons (Fsp3) is 0.190. The molecule has 1 aromatic heterocycles. The Labute approximate surface area is 161 Å². The van der Waals surface area contributed by atoms with Crippen molar-refractivity contribution in [2.24, 2.45) is 0 Å². The second kappa shape index (κ2) is 7.64. The highest BCUT2D eigenvalue weighted by Crippen LogP contribution is 2.31. The molecule has 0 aliphatic heterocycles. The van der Waals surface area contributed by atoms with Gasteiger partial charge in [-0.1, -0.05) is 18.2 Å². The molecule has 28 heavy (non-hydrogen) atoms. The molecule has 7 heteroatoms. The van der Waals surface area contributed by atoms with Gasteiger partial charge in [0.2, 0.25) is 0 Å². The summed E-state index contributed by atoms with van der Waals surface area (Å²) in [6, 6.07) is 12.0. The first-order valence-electron chi connectivity index (χ1n) is 8.51. The maximum Gasteiger partial charge on any atom is 0.357 e. The molecule has 0 fully saturated rings. The molecule has 0 bridgehead atoms. The van der Waals surface area contributed by atoms with Gasteiger partial charge in [-0.15, -0.1) is 0 Å². The van der Waals surface area contributed by atoms with Gasteiger partial charge in [-0.05, 0) is 49.2 Å². The molecule has 0 amide bonds. The minimum absolute atomic E-state index is 0.0383. The van der Waals surface area contributed by atoms with Crippen molar-refractivity contribution in [3.05, 3.63) is 70.7 Å². The average molecular weight is 382 g/mol. The molecule has 1 heterocycles. The van der Waals surface area contributed by atoms with Crippen molar-refractivity contribution in [1.82, 2.24) is 9.78 Å². The van der Waals surface area contributed by atoms with E-state index in [1.54, 1.807) is 50.2 Å². The molecule has 0 aliphatic rings. The van der Waals surface area contributed by atoms with Crippen molar-refractivity contribution in [2.75, 3.05) is 14.2 Å². The molecule has 0 unspecified atom stereocenters. The number of methoxy groups -OCH3 is 2. The fourth-order valence-electron chi connectivity index (χ4n) is 3.04. The number of halogens is 1. The summed E-state index contributed by atoms with van der Waals surface area (Å²) >= 11 is 0. The number of hydrogen-bond donors (Lipinski definition) is 0. The van der Waals surface area contributed by atoms with Crippen LogP contribution in [0.2, 0.25) is 0 Å². The summed E-state index contributed by atoms with van der Waals surface area (Å²) in [6.07, 6.45) is 0. The Hall–Kier alpha value is -3.48. The third kappa shape index (κ3) is 3.26. The van der Waals surface area contributed by atoms with Crippen LogP contribution in [0.5, 0.6) is 0 Å². The largest absolute Gasteiger partial charge is 0.465 e. The molecular formula is C21H19FN2O4. The van der Waals surface area contributed by atoms with Gasteiger partial charge in [-0.2, -0.15) is 5.10 Å². The lowest BCUT2D eigenvalue weighted by Crippen LogP contribution is -2.15. The van der Waals surface area contributed by atoms with Crippen LogP contribution in [-0.2, 0) is 9.47 Å². The van der Waals surface area contributed by atoms with Gasteiger partial charge in [0.15, 0.2) is 5.69 Å². The molecular weight excluding hydrogens is 363 g/mol. The smallest absolute Gasteiger partial charge is 0.357 e. The molecule has 0 aliphatic carbocycles. The first kappa shape index (κ1) is 19.3.